The van der Waals surface area contributed by atoms with E-state index < -0.39 is 33.1 Å². The number of hydrogen-bond acceptors (Lipinski definition) is 6. The van der Waals surface area contributed by atoms with Gasteiger partial charge in [-0.05, 0) is 26.0 Å². The Morgan fingerprint density at radius 1 is 1.28 bits per heavy atom. The number of carbonyl (C=O) groups excluding carboxylic acids is 2. The Bertz CT molecular complexity index is 542. The second-order valence-electron chi connectivity index (χ2n) is 3.67. The summed E-state index contributed by atoms with van der Waals surface area (Å²) in [4.78, 5) is 24.1. The first kappa shape index (κ1) is 14.8. The van der Waals surface area contributed by atoms with Gasteiger partial charge in [0.25, 0.3) is 0 Å². The van der Waals surface area contributed by atoms with Crippen LogP contribution in [0.1, 0.15) is 21.5 Å². The maximum absolute atomic E-state index is 11.7. The van der Waals surface area contributed by atoms with E-state index in [4.69, 9.17) is 0 Å². The number of hydrogen-bond donors (Lipinski definition) is 0. The van der Waals surface area contributed by atoms with E-state index in [9.17, 15) is 18.0 Å². The van der Waals surface area contributed by atoms with Crippen molar-refractivity contribution in [1.29, 1.82) is 0 Å². The fourth-order valence-electron chi connectivity index (χ4n) is 1.29. The second-order valence-corrected chi connectivity index (χ2v) is 7.02. The van der Waals surface area contributed by atoms with Crippen molar-refractivity contribution >= 4 is 32.9 Å². The summed E-state index contributed by atoms with van der Waals surface area (Å²) < 4.78 is 27.7. The van der Waals surface area contributed by atoms with E-state index in [-0.39, 0.29) is 6.61 Å². The Morgan fingerprint density at radius 3 is 2.44 bits per heavy atom. The van der Waals surface area contributed by atoms with E-state index in [0.717, 1.165) is 4.88 Å². The first-order valence-electron chi connectivity index (χ1n) is 5.29. The highest BCUT2D eigenvalue weighted by Crippen LogP contribution is 2.16. The number of aryl methyl sites for hydroxylation is 1. The number of carbonyl (C=O) groups is 2. The summed E-state index contributed by atoms with van der Waals surface area (Å²) >= 11 is 1.24. The topological polar surface area (TPSA) is 77.5 Å². The third-order valence-electron chi connectivity index (χ3n) is 2.01. The van der Waals surface area contributed by atoms with E-state index in [0.29, 0.717) is 4.88 Å². The standard InChI is InChI=1S/C11H14O5S2/c1-3-16-11(13)7-18(14,15)6-9(12)10-5-4-8(2)17-10/h4-5H,3,6-7H2,1-2H3. The summed E-state index contributed by atoms with van der Waals surface area (Å²) in [7, 11) is -3.76. The van der Waals surface area contributed by atoms with Crippen LogP contribution in [0.2, 0.25) is 0 Å². The minimum atomic E-state index is -3.76. The van der Waals surface area contributed by atoms with Gasteiger partial charge in [0, 0.05) is 4.88 Å². The molecule has 1 rings (SSSR count). The van der Waals surface area contributed by atoms with Crippen molar-refractivity contribution in [3.8, 4) is 0 Å². The third-order valence-corrected chi connectivity index (χ3v) is 4.43. The molecule has 0 aliphatic rings. The van der Waals surface area contributed by atoms with Gasteiger partial charge in [0.05, 0.1) is 11.5 Å². The van der Waals surface area contributed by atoms with E-state index in [1.54, 1.807) is 19.1 Å². The Kier molecular flexibility index (Phi) is 5.03. The molecule has 0 saturated carbocycles. The maximum atomic E-state index is 11.7. The van der Waals surface area contributed by atoms with Crippen LogP contribution in [0, 0.1) is 6.92 Å². The highest BCUT2D eigenvalue weighted by molar-refractivity contribution is 7.92. The van der Waals surface area contributed by atoms with E-state index in [1.807, 2.05) is 6.92 Å². The Hall–Kier alpha value is -1.21. The van der Waals surface area contributed by atoms with Crippen molar-refractivity contribution in [3.63, 3.8) is 0 Å². The molecule has 0 bridgehead atoms. The van der Waals surface area contributed by atoms with Crippen molar-refractivity contribution < 1.29 is 22.7 Å². The SMILES string of the molecule is CCOC(=O)CS(=O)(=O)CC(=O)c1ccc(C)s1. The van der Waals surface area contributed by atoms with Crippen LogP contribution in [-0.2, 0) is 19.4 Å². The summed E-state index contributed by atoms with van der Waals surface area (Å²) in [5, 5.41) is 0. The zero-order chi connectivity index (χ0) is 13.8. The first-order valence-corrected chi connectivity index (χ1v) is 7.93. The number of thiophene rings is 1. The van der Waals surface area contributed by atoms with Crippen LogP contribution >= 0.6 is 11.3 Å². The summed E-state index contributed by atoms with van der Waals surface area (Å²) in [6, 6.07) is 3.33. The molecule has 1 aromatic heterocycles. The predicted molar refractivity (Wildman–Crippen MR) is 68.7 cm³/mol. The number of esters is 1. The number of sulfone groups is 1. The third kappa shape index (κ3) is 4.58. The molecule has 0 unspecified atom stereocenters. The lowest BCUT2D eigenvalue weighted by atomic mass is 10.3. The molecule has 0 aliphatic carbocycles. The van der Waals surface area contributed by atoms with Gasteiger partial charge in [-0.2, -0.15) is 0 Å². The largest absolute Gasteiger partial charge is 0.465 e. The number of rotatable bonds is 6. The van der Waals surface area contributed by atoms with Crippen LogP contribution in [-0.4, -0.2) is 38.3 Å². The lowest BCUT2D eigenvalue weighted by Gasteiger charge is -2.02. The molecule has 0 saturated heterocycles. The average Bonchev–Trinajstić information content (AvgIpc) is 2.63. The summed E-state index contributed by atoms with van der Waals surface area (Å²) in [5.41, 5.74) is 0. The van der Waals surface area contributed by atoms with Gasteiger partial charge >= 0.3 is 5.97 Å². The van der Waals surface area contributed by atoms with Gasteiger partial charge in [-0.1, -0.05) is 0 Å². The van der Waals surface area contributed by atoms with E-state index in [2.05, 4.69) is 4.74 Å². The van der Waals surface area contributed by atoms with Crippen molar-refractivity contribution in [2.75, 3.05) is 18.1 Å². The molecule has 0 aliphatic heterocycles. The molecule has 0 spiro atoms. The fraction of sp³-hybridized carbons (Fsp3) is 0.455. The predicted octanol–water partition coefficient (Wildman–Crippen LogP) is 1.22. The van der Waals surface area contributed by atoms with Crippen molar-refractivity contribution in [1.82, 2.24) is 0 Å². The molecule has 0 atom stereocenters. The zero-order valence-electron chi connectivity index (χ0n) is 10.1. The highest BCUT2D eigenvalue weighted by atomic mass is 32.2. The first-order chi connectivity index (χ1) is 8.34. The van der Waals surface area contributed by atoms with Crippen LogP contribution < -0.4 is 0 Å². The quantitative estimate of drug-likeness (QED) is 0.581. The summed E-state index contributed by atoms with van der Waals surface area (Å²) in [5.74, 6) is -2.73. The monoisotopic (exact) mass is 290 g/mol. The van der Waals surface area contributed by atoms with Gasteiger partial charge in [0.2, 0.25) is 0 Å². The molecular formula is C11H14O5S2. The number of ether oxygens (including phenoxy) is 1. The Balaban J connectivity index is 2.66. The Morgan fingerprint density at radius 2 is 1.94 bits per heavy atom. The van der Waals surface area contributed by atoms with Crippen molar-refractivity contribution in [2.45, 2.75) is 13.8 Å². The summed E-state index contributed by atoms with van der Waals surface area (Å²) in [6.07, 6.45) is 0. The smallest absolute Gasteiger partial charge is 0.321 e. The fourth-order valence-corrected chi connectivity index (χ4v) is 3.28. The number of Topliss-reactive ketones (excluding diaryl/α,β-unsaturated/α-hetero) is 1. The molecule has 0 radical (unpaired) electrons. The van der Waals surface area contributed by atoms with Gasteiger partial charge in [-0.3, -0.25) is 9.59 Å². The molecule has 1 aromatic rings. The maximum Gasteiger partial charge on any atom is 0.321 e. The highest BCUT2D eigenvalue weighted by Gasteiger charge is 2.23. The molecule has 100 valence electrons. The lowest BCUT2D eigenvalue weighted by Crippen LogP contribution is -2.24. The zero-order valence-corrected chi connectivity index (χ0v) is 11.8. The molecule has 0 amide bonds. The Labute approximate surface area is 110 Å². The minimum absolute atomic E-state index is 0.117. The van der Waals surface area contributed by atoms with E-state index in [1.165, 1.54) is 11.3 Å². The molecule has 0 aromatic carbocycles. The minimum Gasteiger partial charge on any atom is -0.465 e. The lowest BCUT2D eigenvalue weighted by molar-refractivity contribution is -0.139. The van der Waals surface area contributed by atoms with Crippen LogP contribution in [0.4, 0.5) is 0 Å². The second kappa shape index (κ2) is 6.10. The molecule has 5 nitrogen and oxygen atoms in total. The average molecular weight is 290 g/mol. The number of ketones is 1. The van der Waals surface area contributed by atoms with Crippen LogP contribution in [0.25, 0.3) is 0 Å². The molecule has 7 heteroatoms. The van der Waals surface area contributed by atoms with Gasteiger partial charge in [0.1, 0.15) is 11.5 Å². The van der Waals surface area contributed by atoms with Gasteiger partial charge in [-0.25, -0.2) is 8.42 Å². The van der Waals surface area contributed by atoms with Crippen LogP contribution in [0.5, 0.6) is 0 Å². The van der Waals surface area contributed by atoms with Crippen LogP contribution in [0.15, 0.2) is 12.1 Å². The molecule has 0 N–H and O–H groups in total. The molecule has 0 fully saturated rings. The molecular weight excluding hydrogens is 276 g/mol. The normalized spacial score (nSPS) is 11.2. The van der Waals surface area contributed by atoms with E-state index >= 15 is 0 Å². The van der Waals surface area contributed by atoms with Crippen LogP contribution in [0.3, 0.4) is 0 Å². The van der Waals surface area contributed by atoms with Gasteiger partial charge < -0.3 is 4.74 Å². The molecule has 1 heterocycles. The molecule has 18 heavy (non-hydrogen) atoms. The summed E-state index contributed by atoms with van der Waals surface area (Å²) in [6.45, 7) is 3.53. The van der Waals surface area contributed by atoms with Crippen molar-refractivity contribution in [3.05, 3.63) is 21.9 Å². The van der Waals surface area contributed by atoms with Crippen molar-refractivity contribution in [2.24, 2.45) is 0 Å². The van der Waals surface area contributed by atoms with Gasteiger partial charge in [-0.15, -0.1) is 11.3 Å². The van der Waals surface area contributed by atoms with Gasteiger partial charge in [0.15, 0.2) is 15.6 Å².